The van der Waals surface area contributed by atoms with Crippen molar-refractivity contribution in [1.29, 1.82) is 0 Å². The van der Waals surface area contributed by atoms with Gasteiger partial charge < -0.3 is 4.40 Å². The van der Waals surface area contributed by atoms with E-state index in [1.165, 1.54) is 6.07 Å². The number of rotatable bonds is 11. The third-order valence-electron chi connectivity index (χ3n) is 12.4. The molecule has 12 rings (SSSR count). The van der Waals surface area contributed by atoms with Crippen molar-refractivity contribution in [3.05, 3.63) is 253 Å². The lowest BCUT2D eigenvalue weighted by Gasteiger charge is -2.16. The number of aryl methyl sites for hydroxylation is 4. The maximum atomic E-state index is 9.75. The van der Waals surface area contributed by atoms with Gasteiger partial charge in [0.1, 0.15) is 0 Å². The van der Waals surface area contributed by atoms with Crippen molar-refractivity contribution < 1.29 is 11.0 Å². The van der Waals surface area contributed by atoms with Crippen molar-refractivity contribution in [3.63, 3.8) is 0 Å². The van der Waals surface area contributed by atoms with Crippen LogP contribution in [0.1, 0.15) is 33.2 Å². The van der Waals surface area contributed by atoms with Crippen molar-refractivity contribution in [2.45, 2.75) is 25.5 Å². The van der Waals surface area contributed by atoms with Gasteiger partial charge in [-0.05, 0) is 124 Å². The molecule has 0 spiro atoms. The highest BCUT2D eigenvalue weighted by Gasteiger charge is 2.21. The second kappa shape index (κ2) is 17.5. The van der Waals surface area contributed by atoms with Crippen LogP contribution in [0.4, 0.5) is 0 Å². The highest BCUT2D eigenvalue weighted by Crippen LogP contribution is 2.44. The zero-order valence-corrected chi connectivity index (χ0v) is 36.2. The molecule has 0 atom stereocenters. The van der Waals surface area contributed by atoms with Crippen LogP contribution in [0.2, 0.25) is 0 Å². The lowest BCUT2D eigenvalue weighted by Crippen LogP contribution is -1.98. The molecule has 0 aliphatic heterocycles. The van der Waals surface area contributed by atoms with Crippen molar-refractivity contribution in [3.8, 4) is 55.9 Å². The van der Waals surface area contributed by atoms with E-state index in [1.807, 2.05) is 103 Å². The molecule has 7 aromatic carbocycles. The van der Waals surface area contributed by atoms with Crippen LogP contribution in [0, 0.1) is 0 Å². The van der Waals surface area contributed by atoms with Gasteiger partial charge in [0.2, 0.25) is 0 Å². The summed E-state index contributed by atoms with van der Waals surface area (Å²) in [5.41, 5.74) is 11.3. The normalized spacial score (nSPS) is 14.1. The molecule has 318 valence electrons. The van der Waals surface area contributed by atoms with Crippen LogP contribution in [0.5, 0.6) is 0 Å². The van der Waals surface area contributed by atoms with Crippen molar-refractivity contribution in [1.82, 2.24) is 19.4 Å². The molecule has 67 heavy (non-hydrogen) atoms. The molecule has 0 amide bonds. The minimum Gasteiger partial charge on any atom is -0.306 e. The summed E-state index contributed by atoms with van der Waals surface area (Å²) in [7, 11) is 0. The highest BCUT2D eigenvalue weighted by atomic mass is 14.9. The van der Waals surface area contributed by atoms with Gasteiger partial charge >= 0.3 is 0 Å². The van der Waals surface area contributed by atoms with E-state index in [0.717, 1.165) is 71.6 Å². The Hall–Kier alpha value is -8.47. The van der Waals surface area contributed by atoms with Crippen LogP contribution in [0.25, 0.3) is 94.1 Å². The molecular weight excluding hydrogens is 813 g/mol. The monoisotopic (exact) mass is 866 g/mol. The number of hydrogen-bond acceptors (Lipinski definition) is 3. The van der Waals surface area contributed by atoms with Crippen molar-refractivity contribution >= 4 is 38.2 Å². The van der Waals surface area contributed by atoms with E-state index < -0.39 is 25.5 Å². The Balaban J connectivity index is 1.05. The average Bonchev–Trinajstić information content (AvgIpc) is 3.83. The first-order chi connectivity index (χ1) is 36.2. The summed E-state index contributed by atoms with van der Waals surface area (Å²) in [5, 5.41) is 3.00. The first-order valence-electron chi connectivity index (χ1n) is 26.3. The maximum Gasteiger partial charge on any atom is 0.0949 e. The van der Waals surface area contributed by atoms with Gasteiger partial charge in [0.05, 0.1) is 33.5 Å². The van der Waals surface area contributed by atoms with Gasteiger partial charge in [-0.2, -0.15) is 0 Å². The van der Waals surface area contributed by atoms with Gasteiger partial charge in [0.15, 0.2) is 0 Å². The molecule has 5 heterocycles. The van der Waals surface area contributed by atoms with Crippen LogP contribution in [0.15, 0.2) is 231 Å². The standard InChI is InChI=1S/C63H46N4/c1-2-13-49(14-3-1)61-55-17-6-7-20-59(55)67-60-21-12-38-66-62(60)54-35-34-50(42-56(54)63(61)67)52-15-4-5-16-53(52)51-40-45(24-22-43-26-30-47(31-27-43)57-18-8-10-36-64-57)39-46(41-51)25-23-44-28-32-48(33-29-44)58-19-9-11-37-65-58/h1-21,26-42H,22-25H2/i22D2,23D2,24D2,25D2. The zero-order valence-electron chi connectivity index (χ0n) is 44.2. The summed E-state index contributed by atoms with van der Waals surface area (Å²) in [6.45, 7) is 0. The van der Waals surface area contributed by atoms with E-state index in [-0.39, 0.29) is 22.3 Å². The van der Waals surface area contributed by atoms with Gasteiger partial charge in [-0.15, -0.1) is 0 Å². The van der Waals surface area contributed by atoms with E-state index in [2.05, 4.69) is 62.9 Å². The van der Waals surface area contributed by atoms with Gasteiger partial charge in [-0.25, -0.2) is 0 Å². The molecule has 0 unspecified atom stereocenters. The second-order valence-corrected chi connectivity index (χ2v) is 16.5. The van der Waals surface area contributed by atoms with Crippen LogP contribution in [-0.2, 0) is 25.5 Å². The number of aromatic nitrogens is 4. The lowest BCUT2D eigenvalue weighted by atomic mass is 9.89. The van der Waals surface area contributed by atoms with E-state index >= 15 is 0 Å². The molecule has 0 saturated heterocycles. The van der Waals surface area contributed by atoms with Crippen LogP contribution < -0.4 is 0 Å². The molecule has 4 nitrogen and oxygen atoms in total. The van der Waals surface area contributed by atoms with Crippen molar-refractivity contribution in [2.24, 2.45) is 0 Å². The summed E-state index contributed by atoms with van der Waals surface area (Å²) >= 11 is 0. The van der Waals surface area contributed by atoms with Crippen LogP contribution in [0.3, 0.4) is 0 Å². The average molecular weight is 867 g/mol. The summed E-state index contributed by atoms with van der Waals surface area (Å²) in [5.74, 6) is 0. The quantitative estimate of drug-likeness (QED) is 0.122. The Bertz CT molecular complexity index is 3980. The van der Waals surface area contributed by atoms with Gasteiger partial charge in [0, 0.05) is 62.4 Å². The predicted molar refractivity (Wildman–Crippen MR) is 278 cm³/mol. The zero-order chi connectivity index (χ0) is 51.7. The fourth-order valence-electron chi connectivity index (χ4n) is 9.26. The summed E-state index contributed by atoms with van der Waals surface area (Å²) in [4.78, 5) is 13.8. The molecule has 0 aliphatic rings. The minimum absolute atomic E-state index is 0.0725. The van der Waals surface area contributed by atoms with Crippen LogP contribution >= 0.6 is 0 Å². The predicted octanol–water partition coefficient (Wildman–Crippen LogP) is 15.5. The first kappa shape index (κ1) is 32.2. The van der Waals surface area contributed by atoms with Crippen LogP contribution in [-0.4, -0.2) is 19.4 Å². The first-order valence-corrected chi connectivity index (χ1v) is 22.3. The number of nitrogens with zero attached hydrogens (tertiary/aromatic N) is 4. The summed E-state index contributed by atoms with van der Waals surface area (Å²) in [6.07, 6.45) is -5.72. The number of pyridine rings is 4. The topological polar surface area (TPSA) is 43.1 Å². The molecule has 0 fully saturated rings. The Kier molecular flexibility index (Phi) is 8.41. The smallest absolute Gasteiger partial charge is 0.0949 e. The molecule has 0 saturated carbocycles. The largest absolute Gasteiger partial charge is 0.306 e. The molecule has 0 bridgehead atoms. The molecule has 0 radical (unpaired) electrons. The fraction of sp³-hybridized carbons (Fsp3) is 0.0635. The van der Waals surface area contributed by atoms with Gasteiger partial charge in [0.25, 0.3) is 0 Å². The molecule has 12 aromatic rings. The summed E-state index contributed by atoms with van der Waals surface area (Å²) in [6, 6.07) is 65.3. The number of hydrogen-bond donors (Lipinski definition) is 0. The van der Waals surface area contributed by atoms with E-state index in [0.29, 0.717) is 22.5 Å². The number of benzene rings is 7. The SMILES string of the molecule is [2H]C([2H])(c1ccc(-c2ccccn2)cc1)C([2H])([2H])c1cc(-c2ccccc2-c2ccc3c(c2)c2c(-c4ccccc4)c4ccccc4n2c2cccnc32)cc(C([2H])([2H])C([2H])([2H])c2ccc(-c3ccccn3)cc2)c1. The lowest BCUT2D eigenvalue weighted by molar-refractivity contribution is 0.931. The Morgan fingerprint density at radius 2 is 0.881 bits per heavy atom. The Labute approximate surface area is 401 Å². The fourth-order valence-corrected chi connectivity index (χ4v) is 9.26. The van der Waals surface area contributed by atoms with Gasteiger partial charge in [-0.1, -0.05) is 164 Å². The third kappa shape index (κ3) is 7.73. The molecule has 0 aliphatic carbocycles. The maximum absolute atomic E-state index is 9.75. The third-order valence-corrected chi connectivity index (χ3v) is 12.4. The molecular formula is C63H46N4. The Morgan fingerprint density at radius 3 is 1.52 bits per heavy atom. The summed E-state index contributed by atoms with van der Waals surface area (Å²) < 4.78 is 79.4. The van der Waals surface area contributed by atoms with Gasteiger partial charge in [-0.3, -0.25) is 15.0 Å². The van der Waals surface area contributed by atoms with Crippen molar-refractivity contribution in [2.75, 3.05) is 0 Å². The molecule has 4 heteroatoms. The Morgan fingerprint density at radius 1 is 0.343 bits per heavy atom. The molecule has 0 N–H and O–H groups in total. The van der Waals surface area contributed by atoms with E-state index in [4.69, 9.17) is 4.98 Å². The molecule has 5 aromatic heterocycles. The number of para-hydroxylation sites is 1. The van der Waals surface area contributed by atoms with E-state index in [9.17, 15) is 11.0 Å². The number of fused-ring (bicyclic) bond motifs is 8. The second-order valence-electron chi connectivity index (χ2n) is 16.5. The minimum atomic E-state index is -2.78. The highest BCUT2D eigenvalue weighted by molar-refractivity contribution is 6.21. The van der Waals surface area contributed by atoms with E-state index in [1.54, 1.807) is 73.1 Å².